The maximum Gasteiger partial charge on any atom is 0.119 e. The first kappa shape index (κ1) is 14.1. The van der Waals surface area contributed by atoms with Gasteiger partial charge in [0.1, 0.15) is 12.4 Å². The molecular formula is C14H18BrN3O. The molecule has 1 aromatic heterocycles. The highest BCUT2D eigenvalue weighted by Gasteiger charge is 1.98. The summed E-state index contributed by atoms with van der Waals surface area (Å²) < 4.78 is 8.52. The van der Waals surface area contributed by atoms with E-state index in [0.717, 1.165) is 29.9 Å². The van der Waals surface area contributed by atoms with Gasteiger partial charge in [-0.2, -0.15) is 5.10 Å². The van der Waals surface area contributed by atoms with E-state index < -0.39 is 0 Å². The fourth-order valence-electron chi connectivity index (χ4n) is 1.69. The minimum Gasteiger partial charge on any atom is -0.492 e. The van der Waals surface area contributed by atoms with Gasteiger partial charge in [0.05, 0.1) is 17.2 Å². The van der Waals surface area contributed by atoms with Crippen LogP contribution >= 0.6 is 15.9 Å². The Kier molecular flexibility index (Phi) is 5.42. The molecule has 2 aromatic rings. The largest absolute Gasteiger partial charge is 0.492 e. The van der Waals surface area contributed by atoms with E-state index in [1.807, 2.05) is 23.0 Å². The molecule has 0 aliphatic heterocycles. The molecule has 0 radical (unpaired) electrons. The fourth-order valence-corrected chi connectivity index (χ4v) is 2.02. The van der Waals surface area contributed by atoms with Crippen LogP contribution in [0.25, 0.3) is 0 Å². The molecule has 0 aliphatic rings. The molecule has 0 saturated carbocycles. The van der Waals surface area contributed by atoms with Gasteiger partial charge in [-0.15, -0.1) is 0 Å². The molecule has 0 unspecified atom stereocenters. The van der Waals surface area contributed by atoms with E-state index in [1.54, 1.807) is 6.20 Å². The maximum atomic E-state index is 5.68. The highest BCUT2D eigenvalue weighted by atomic mass is 79.9. The molecule has 102 valence electrons. The zero-order chi connectivity index (χ0) is 13.5. The molecule has 0 bridgehead atoms. The Hall–Kier alpha value is -1.33. The highest BCUT2D eigenvalue weighted by Crippen LogP contribution is 2.12. The predicted molar refractivity (Wildman–Crippen MR) is 79.2 cm³/mol. The minimum absolute atomic E-state index is 0.612. The summed E-state index contributed by atoms with van der Waals surface area (Å²) in [5.74, 6) is 0.895. The number of halogens is 1. The summed E-state index contributed by atoms with van der Waals surface area (Å²) in [5.41, 5.74) is 1.27. The van der Waals surface area contributed by atoms with Crippen LogP contribution in [0.15, 0.2) is 41.1 Å². The third kappa shape index (κ3) is 4.69. The first-order valence-electron chi connectivity index (χ1n) is 6.38. The average molecular weight is 324 g/mol. The number of hydrogen-bond acceptors (Lipinski definition) is 3. The van der Waals surface area contributed by atoms with Crippen molar-refractivity contribution < 1.29 is 4.74 Å². The number of nitrogens with one attached hydrogen (secondary N) is 1. The third-order valence-electron chi connectivity index (χ3n) is 2.69. The van der Waals surface area contributed by atoms with Crippen molar-refractivity contribution in [1.82, 2.24) is 15.1 Å². The minimum atomic E-state index is 0.612. The molecule has 0 aliphatic carbocycles. The zero-order valence-corrected chi connectivity index (χ0v) is 12.6. The van der Waals surface area contributed by atoms with Crippen LogP contribution in [0.3, 0.4) is 0 Å². The summed E-state index contributed by atoms with van der Waals surface area (Å²) in [6.07, 6.45) is 3.71. The smallest absolute Gasteiger partial charge is 0.119 e. The Bertz CT molecular complexity index is 496. The van der Waals surface area contributed by atoms with Gasteiger partial charge in [-0.05, 0) is 40.2 Å². The molecule has 0 fully saturated rings. The summed E-state index contributed by atoms with van der Waals surface area (Å²) in [4.78, 5) is 0. The summed E-state index contributed by atoms with van der Waals surface area (Å²) in [7, 11) is 0. The number of ether oxygens (including phenoxy) is 1. The van der Waals surface area contributed by atoms with Gasteiger partial charge >= 0.3 is 0 Å². The van der Waals surface area contributed by atoms with Crippen LogP contribution < -0.4 is 10.1 Å². The van der Waals surface area contributed by atoms with Crippen LogP contribution in [0.5, 0.6) is 5.75 Å². The second-order valence-corrected chi connectivity index (χ2v) is 5.11. The molecule has 1 N–H and O–H groups in total. The maximum absolute atomic E-state index is 5.68. The number of rotatable bonds is 7. The lowest BCUT2D eigenvalue weighted by molar-refractivity contribution is 0.291. The van der Waals surface area contributed by atoms with Gasteiger partial charge in [0.15, 0.2) is 0 Å². The van der Waals surface area contributed by atoms with Crippen molar-refractivity contribution in [3.05, 3.63) is 46.7 Å². The van der Waals surface area contributed by atoms with E-state index in [-0.39, 0.29) is 0 Å². The van der Waals surface area contributed by atoms with Crippen molar-refractivity contribution in [1.29, 1.82) is 0 Å². The molecule has 4 nitrogen and oxygen atoms in total. The highest BCUT2D eigenvalue weighted by molar-refractivity contribution is 9.10. The third-order valence-corrected chi connectivity index (χ3v) is 3.10. The van der Waals surface area contributed by atoms with Gasteiger partial charge in [0, 0.05) is 12.7 Å². The average Bonchev–Trinajstić information content (AvgIpc) is 2.84. The summed E-state index contributed by atoms with van der Waals surface area (Å²) in [5, 5.41) is 7.47. The number of benzene rings is 1. The standard InChI is InChI=1S/C14H18BrN3O/c1-2-16-9-12-3-5-14(6-4-12)19-8-7-18-11-13(15)10-17-18/h3-6,10-11,16H,2,7-9H2,1H3. The zero-order valence-electron chi connectivity index (χ0n) is 11.0. The number of hydrogen-bond donors (Lipinski definition) is 1. The van der Waals surface area contributed by atoms with Crippen molar-refractivity contribution in [2.45, 2.75) is 20.0 Å². The second kappa shape index (κ2) is 7.31. The molecule has 0 atom stereocenters. The van der Waals surface area contributed by atoms with E-state index >= 15 is 0 Å². The Morgan fingerprint density at radius 2 is 2.11 bits per heavy atom. The van der Waals surface area contributed by atoms with Gasteiger partial charge in [-0.3, -0.25) is 4.68 Å². The van der Waals surface area contributed by atoms with E-state index in [9.17, 15) is 0 Å². The Labute approximate surface area is 121 Å². The SMILES string of the molecule is CCNCc1ccc(OCCn2cc(Br)cn2)cc1. The molecule has 0 spiro atoms. The summed E-state index contributed by atoms with van der Waals surface area (Å²) >= 11 is 3.37. The lowest BCUT2D eigenvalue weighted by atomic mass is 10.2. The molecule has 5 heteroatoms. The molecule has 1 aromatic carbocycles. The monoisotopic (exact) mass is 323 g/mol. The topological polar surface area (TPSA) is 39.1 Å². The van der Waals surface area contributed by atoms with Crippen LogP contribution in [0.1, 0.15) is 12.5 Å². The van der Waals surface area contributed by atoms with Gasteiger partial charge in [-0.25, -0.2) is 0 Å². The Balaban J connectivity index is 1.76. The lowest BCUT2D eigenvalue weighted by Gasteiger charge is -2.07. The normalized spacial score (nSPS) is 10.6. The summed E-state index contributed by atoms with van der Waals surface area (Å²) in [6, 6.07) is 8.18. The second-order valence-electron chi connectivity index (χ2n) is 4.19. The summed E-state index contributed by atoms with van der Waals surface area (Å²) in [6.45, 7) is 5.34. The van der Waals surface area contributed by atoms with Crippen molar-refractivity contribution in [2.75, 3.05) is 13.2 Å². The van der Waals surface area contributed by atoms with Gasteiger partial charge in [0.25, 0.3) is 0 Å². The Morgan fingerprint density at radius 3 is 2.74 bits per heavy atom. The van der Waals surface area contributed by atoms with Crippen molar-refractivity contribution >= 4 is 15.9 Å². The van der Waals surface area contributed by atoms with E-state index in [0.29, 0.717) is 6.61 Å². The fraction of sp³-hybridized carbons (Fsp3) is 0.357. The molecule has 0 saturated heterocycles. The van der Waals surface area contributed by atoms with Gasteiger partial charge in [-0.1, -0.05) is 19.1 Å². The first-order chi connectivity index (χ1) is 9.28. The van der Waals surface area contributed by atoms with Crippen LogP contribution in [0, 0.1) is 0 Å². The van der Waals surface area contributed by atoms with Crippen molar-refractivity contribution in [3.63, 3.8) is 0 Å². The van der Waals surface area contributed by atoms with Crippen LogP contribution in [-0.2, 0) is 13.1 Å². The van der Waals surface area contributed by atoms with Crippen molar-refractivity contribution in [3.8, 4) is 5.75 Å². The first-order valence-corrected chi connectivity index (χ1v) is 7.17. The molecule has 1 heterocycles. The molecule has 19 heavy (non-hydrogen) atoms. The molecule has 2 rings (SSSR count). The lowest BCUT2D eigenvalue weighted by Crippen LogP contribution is -2.11. The van der Waals surface area contributed by atoms with E-state index in [4.69, 9.17) is 4.74 Å². The number of nitrogens with zero attached hydrogens (tertiary/aromatic N) is 2. The molecule has 0 amide bonds. The van der Waals surface area contributed by atoms with E-state index in [2.05, 4.69) is 45.4 Å². The van der Waals surface area contributed by atoms with E-state index in [1.165, 1.54) is 5.56 Å². The van der Waals surface area contributed by atoms with Crippen LogP contribution in [0.4, 0.5) is 0 Å². The predicted octanol–water partition coefficient (Wildman–Crippen LogP) is 2.83. The van der Waals surface area contributed by atoms with Crippen LogP contribution in [-0.4, -0.2) is 22.9 Å². The van der Waals surface area contributed by atoms with Gasteiger partial charge < -0.3 is 10.1 Å². The van der Waals surface area contributed by atoms with Crippen molar-refractivity contribution in [2.24, 2.45) is 0 Å². The molecular weight excluding hydrogens is 306 g/mol. The van der Waals surface area contributed by atoms with Crippen LogP contribution in [0.2, 0.25) is 0 Å². The Morgan fingerprint density at radius 1 is 1.32 bits per heavy atom. The number of aromatic nitrogens is 2. The quantitative estimate of drug-likeness (QED) is 0.851. The van der Waals surface area contributed by atoms with Gasteiger partial charge in [0.2, 0.25) is 0 Å².